The number of sulfonamides is 1. The number of anilines is 2. The number of halogens is 1. The van der Waals surface area contributed by atoms with E-state index in [4.69, 9.17) is 11.5 Å². The summed E-state index contributed by atoms with van der Waals surface area (Å²) in [4.78, 5) is 12.7. The highest BCUT2D eigenvalue weighted by atomic mass is 127. The van der Waals surface area contributed by atoms with Crippen molar-refractivity contribution in [1.82, 2.24) is 23.8 Å². The van der Waals surface area contributed by atoms with Crippen LogP contribution in [-0.2, 0) is 16.6 Å². The first kappa shape index (κ1) is 18.4. The smallest absolute Gasteiger partial charge is 0.243 e. The molecular weight excluding hydrogens is 481 g/mol. The number of aromatic nitrogens is 4. The molecule has 1 saturated heterocycles. The average Bonchev–Trinajstić information content (AvgIpc) is 3.24. The first-order valence-electron chi connectivity index (χ1n) is 8.37. The van der Waals surface area contributed by atoms with E-state index in [2.05, 4.69) is 37.5 Å². The number of rotatable bonds is 4. The van der Waals surface area contributed by atoms with Crippen LogP contribution in [0.25, 0.3) is 11.2 Å². The highest BCUT2D eigenvalue weighted by molar-refractivity contribution is 14.1. The fourth-order valence-electron chi connectivity index (χ4n) is 3.39. The van der Waals surface area contributed by atoms with Gasteiger partial charge in [0, 0.05) is 22.7 Å². The lowest BCUT2D eigenvalue weighted by Crippen LogP contribution is -2.38. The fourth-order valence-corrected chi connectivity index (χ4v) is 5.44. The molecule has 1 unspecified atom stereocenters. The van der Waals surface area contributed by atoms with Gasteiger partial charge >= 0.3 is 0 Å². The maximum absolute atomic E-state index is 13.1. The van der Waals surface area contributed by atoms with Gasteiger partial charge in [-0.05, 0) is 59.7 Å². The number of hydrogen-bond acceptors (Lipinski definition) is 7. The molecule has 2 aromatic heterocycles. The molecule has 11 heteroatoms. The number of hydrogen-bond donors (Lipinski definition) is 2. The van der Waals surface area contributed by atoms with E-state index in [1.807, 2.05) is 0 Å². The molecule has 4 rings (SSSR count). The molecule has 0 radical (unpaired) electrons. The highest BCUT2D eigenvalue weighted by Crippen LogP contribution is 2.28. The van der Waals surface area contributed by atoms with Crippen molar-refractivity contribution in [2.24, 2.45) is 0 Å². The Hall–Kier alpha value is -1.99. The van der Waals surface area contributed by atoms with Gasteiger partial charge in [0.2, 0.25) is 16.0 Å². The summed E-state index contributed by atoms with van der Waals surface area (Å²) in [5, 5.41) is 0. The van der Waals surface area contributed by atoms with Crippen molar-refractivity contribution < 1.29 is 8.42 Å². The summed E-state index contributed by atoms with van der Waals surface area (Å²) in [6, 6.07) is 6.69. The molecule has 0 spiro atoms. The Bertz CT molecular complexity index is 1100. The van der Waals surface area contributed by atoms with Crippen LogP contribution in [0.5, 0.6) is 0 Å². The number of nitrogens with zero attached hydrogens (tertiary/aromatic N) is 5. The Morgan fingerprint density at radius 3 is 2.67 bits per heavy atom. The molecule has 3 aromatic rings. The van der Waals surface area contributed by atoms with Crippen LogP contribution in [-0.4, -0.2) is 44.8 Å². The monoisotopic (exact) mass is 499 g/mol. The minimum atomic E-state index is -3.56. The Balaban J connectivity index is 1.65. The van der Waals surface area contributed by atoms with E-state index in [1.54, 1.807) is 39.5 Å². The Morgan fingerprint density at radius 1 is 1.19 bits per heavy atom. The van der Waals surface area contributed by atoms with Crippen molar-refractivity contribution in [2.45, 2.75) is 30.3 Å². The Labute approximate surface area is 170 Å². The van der Waals surface area contributed by atoms with E-state index in [0.29, 0.717) is 29.1 Å². The van der Waals surface area contributed by atoms with Crippen LogP contribution in [0.4, 0.5) is 11.8 Å². The van der Waals surface area contributed by atoms with Crippen LogP contribution in [0, 0.1) is 3.57 Å². The lowest BCUT2D eigenvalue weighted by atomic mass is 10.2. The molecule has 4 N–H and O–H groups in total. The summed E-state index contributed by atoms with van der Waals surface area (Å²) in [7, 11) is -3.56. The van der Waals surface area contributed by atoms with Crippen molar-refractivity contribution in [3.63, 3.8) is 0 Å². The van der Waals surface area contributed by atoms with Crippen LogP contribution in [0.3, 0.4) is 0 Å². The summed E-state index contributed by atoms with van der Waals surface area (Å²) in [6.07, 6.45) is 3.17. The molecule has 0 bridgehead atoms. The number of nitrogen functional groups attached to an aromatic ring is 2. The first-order valence-corrected chi connectivity index (χ1v) is 10.9. The van der Waals surface area contributed by atoms with Crippen LogP contribution in [0.1, 0.15) is 12.8 Å². The van der Waals surface area contributed by atoms with Gasteiger partial charge in [0.15, 0.2) is 11.5 Å². The van der Waals surface area contributed by atoms with Gasteiger partial charge in [0.1, 0.15) is 5.52 Å². The van der Waals surface area contributed by atoms with E-state index < -0.39 is 10.0 Å². The SMILES string of the molecule is Nc1nc(N)c2ncn(CC3CCCN3S(=O)(=O)c3ccc(I)cc3)c2n1. The summed E-state index contributed by atoms with van der Waals surface area (Å²) < 4.78 is 30.5. The van der Waals surface area contributed by atoms with Gasteiger partial charge in [-0.2, -0.15) is 14.3 Å². The van der Waals surface area contributed by atoms with Crippen LogP contribution in [0.15, 0.2) is 35.5 Å². The molecule has 1 aromatic carbocycles. The van der Waals surface area contributed by atoms with Crippen LogP contribution in [0.2, 0.25) is 0 Å². The summed E-state index contributed by atoms with van der Waals surface area (Å²) in [5.41, 5.74) is 12.5. The molecule has 0 saturated carbocycles. The summed E-state index contributed by atoms with van der Waals surface area (Å²) >= 11 is 2.15. The molecule has 0 aliphatic carbocycles. The standard InChI is InChI=1S/C16H18IN7O2S/c17-10-3-5-12(6-4-10)27(25,26)24-7-1-2-11(24)8-23-9-20-13-14(18)21-16(19)22-15(13)23/h3-6,9,11H,1-2,7-8H2,(H4,18,19,21,22). The van der Waals surface area contributed by atoms with Crippen molar-refractivity contribution >= 4 is 55.5 Å². The van der Waals surface area contributed by atoms with E-state index in [9.17, 15) is 8.42 Å². The zero-order chi connectivity index (χ0) is 19.2. The second-order valence-electron chi connectivity index (χ2n) is 6.40. The Kier molecular flexibility index (Phi) is 4.68. The fraction of sp³-hybridized carbons (Fsp3) is 0.312. The summed E-state index contributed by atoms with van der Waals surface area (Å²) in [5.74, 6) is 0.280. The minimum absolute atomic E-state index is 0.0662. The third kappa shape index (κ3) is 3.34. The third-order valence-electron chi connectivity index (χ3n) is 4.66. The molecule has 0 amide bonds. The van der Waals surface area contributed by atoms with Crippen LogP contribution < -0.4 is 11.5 Å². The topological polar surface area (TPSA) is 133 Å². The van der Waals surface area contributed by atoms with Gasteiger partial charge in [0.25, 0.3) is 0 Å². The lowest BCUT2D eigenvalue weighted by Gasteiger charge is -2.24. The minimum Gasteiger partial charge on any atom is -0.382 e. The van der Waals surface area contributed by atoms with Crippen molar-refractivity contribution in [3.8, 4) is 0 Å². The highest BCUT2D eigenvalue weighted by Gasteiger charge is 2.35. The predicted octanol–water partition coefficient (Wildman–Crippen LogP) is 1.45. The molecular formula is C16H18IN7O2S. The second-order valence-corrected chi connectivity index (χ2v) is 9.54. The molecule has 1 atom stereocenters. The second kappa shape index (κ2) is 6.87. The van der Waals surface area contributed by atoms with E-state index >= 15 is 0 Å². The first-order chi connectivity index (χ1) is 12.9. The van der Waals surface area contributed by atoms with E-state index in [1.165, 1.54) is 0 Å². The van der Waals surface area contributed by atoms with Gasteiger partial charge in [-0.3, -0.25) is 0 Å². The van der Waals surface area contributed by atoms with Gasteiger partial charge in [0.05, 0.1) is 11.2 Å². The molecule has 142 valence electrons. The van der Waals surface area contributed by atoms with Gasteiger partial charge in [-0.25, -0.2) is 13.4 Å². The van der Waals surface area contributed by atoms with Gasteiger partial charge < -0.3 is 16.0 Å². The van der Waals surface area contributed by atoms with Crippen molar-refractivity contribution in [3.05, 3.63) is 34.2 Å². The number of fused-ring (bicyclic) bond motifs is 1. The number of benzene rings is 1. The zero-order valence-electron chi connectivity index (χ0n) is 14.3. The maximum Gasteiger partial charge on any atom is 0.243 e. The quantitative estimate of drug-likeness (QED) is 0.519. The predicted molar refractivity (Wildman–Crippen MR) is 110 cm³/mol. The van der Waals surface area contributed by atoms with Crippen LogP contribution >= 0.6 is 22.6 Å². The zero-order valence-corrected chi connectivity index (χ0v) is 17.3. The van der Waals surface area contributed by atoms with Crippen molar-refractivity contribution in [2.75, 3.05) is 18.0 Å². The molecule has 27 heavy (non-hydrogen) atoms. The number of imidazole rings is 1. The molecule has 3 heterocycles. The molecule has 1 aliphatic rings. The largest absolute Gasteiger partial charge is 0.382 e. The van der Waals surface area contributed by atoms with Gasteiger partial charge in [-0.15, -0.1) is 0 Å². The number of nitrogens with two attached hydrogens (primary N) is 2. The molecule has 9 nitrogen and oxygen atoms in total. The van der Waals surface area contributed by atoms with Gasteiger partial charge in [-0.1, -0.05) is 0 Å². The lowest BCUT2D eigenvalue weighted by molar-refractivity contribution is 0.354. The average molecular weight is 499 g/mol. The molecule has 1 fully saturated rings. The molecule has 1 aliphatic heterocycles. The van der Waals surface area contributed by atoms with E-state index in [-0.39, 0.29) is 17.8 Å². The maximum atomic E-state index is 13.1. The third-order valence-corrected chi connectivity index (χ3v) is 7.34. The summed E-state index contributed by atoms with van der Waals surface area (Å²) in [6.45, 7) is 0.918. The Morgan fingerprint density at radius 2 is 1.93 bits per heavy atom. The van der Waals surface area contributed by atoms with E-state index in [0.717, 1.165) is 16.4 Å². The van der Waals surface area contributed by atoms with Crippen molar-refractivity contribution in [1.29, 1.82) is 0 Å². The normalized spacial score (nSPS) is 18.3.